The Hall–Kier alpha value is -3.13. The van der Waals surface area contributed by atoms with Gasteiger partial charge in [-0.2, -0.15) is 5.10 Å². The van der Waals surface area contributed by atoms with Gasteiger partial charge in [-0.1, -0.05) is 11.6 Å². The van der Waals surface area contributed by atoms with Gasteiger partial charge in [0.1, 0.15) is 11.6 Å². The molecule has 1 aliphatic heterocycles. The summed E-state index contributed by atoms with van der Waals surface area (Å²) < 4.78 is 17.7. The molecule has 1 aliphatic carbocycles. The molecule has 1 fully saturated rings. The summed E-state index contributed by atoms with van der Waals surface area (Å²) in [5.41, 5.74) is 8.41. The van der Waals surface area contributed by atoms with Crippen molar-refractivity contribution in [2.75, 3.05) is 31.7 Å². The van der Waals surface area contributed by atoms with E-state index < -0.39 is 11.7 Å². The van der Waals surface area contributed by atoms with Crippen molar-refractivity contribution < 1.29 is 9.18 Å². The van der Waals surface area contributed by atoms with Gasteiger partial charge in [-0.3, -0.25) is 9.48 Å². The van der Waals surface area contributed by atoms with Crippen molar-refractivity contribution in [3.63, 3.8) is 0 Å². The van der Waals surface area contributed by atoms with Crippen molar-refractivity contribution in [1.29, 1.82) is 0 Å². The highest BCUT2D eigenvalue weighted by atomic mass is 35.5. The number of carbonyl (C=O) groups excluding carboxylic acids is 1. The van der Waals surface area contributed by atoms with E-state index in [-0.39, 0.29) is 28.3 Å². The summed E-state index contributed by atoms with van der Waals surface area (Å²) in [5.74, 6) is -0.445. The molecule has 1 saturated carbocycles. The van der Waals surface area contributed by atoms with E-state index in [1.165, 1.54) is 4.90 Å². The Morgan fingerprint density at radius 2 is 2.12 bits per heavy atom. The molecule has 7 nitrogen and oxygen atoms in total. The first kappa shape index (κ1) is 21.7. The molecule has 2 aromatic heterocycles. The van der Waals surface area contributed by atoms with Gasteiger partial charge in [-0.25, -0.2) is 9.37 Å². The van der Waals surface area contributed by atoms with Gasteiger partial charge >= 0.3 is 0 Å². The molecule has 0 saturated heterocycles. The summed E-state index contributed by atoms with van der Waals surface area (Å²) in [6.45, 7) is 2.78. The third-order valence-corrected chi connectivity index (χ3v) is 7.41. The van der Waals surface area contributed by atoms with Crippen molar-refractivity contribution in [2.45, 2.75) is 37.6 Å². The molecule has 0 unspecified atom stereocenters. The van der Waals surface area contributed by atoms with Crippen LogP contribution in [-0.2, 0) is 5.41 Å². The number of fused-ring (bicyclic) bond motifs is 2. The third kappa shape index (κ3) is 3.27. The summed E-state index contributed by atoms with van der Waals surface area (Å²) in [6.07, 6.45) is 6.16. The quantitative estimate of drug-likeness (QED) is 0.555. The van der Waals surface area contributed by atoms with Crippen LogP contribution in [0.25, 0.3) is 11.1 Å². The van der Waals surface area contributed by atoms with E-state index in [1.807, 2.05) is 12.3 Å². The second-order valence-corrected chi connectivity index (χ2v) is 9.63. The molecule has 1 amide bonds. The van der Waals surface area contributed by atoms with Crippen molar-refractivity contribution >= 4 is 29.0 Å². The Morgan fingerprint density at radius 3 is 2.82 bits per heavy atom. The number of aryl methyl sites for hydroxylation is 1. The summed E-state index contributed by atoms with van der Waals surface area (Å²) in [7, 11) is 3.12. The number of rotatable bonds is 3. The predicted molar refractivity (Wildman–Crippen MR) is 127 cm³/mol. The average Bonchev–Trinajstić information content (AvgIpc) is 3.48. The molecular weight excluding hydrogens is 443 g/mol. The number of carbonyl (C=O) groups is 1. The van der Waals surface area contributed by atoms with Crippen LogP contribution in [-0.4, -0.2) is 46.2 Å². The molecule has 0 radical (unpaired) electrons. The zero-order valence-electron chi connectivity index (χ0n) is 18.8. The lowest BCUT2D eigenvalue weighted by Gasteiger charge is -2.25. The molecule has 2 atom stereocenters. The fraction of sp³-hybridized carbons (Fsp3) is 0.375. The van der Waals surface area contributed by atoms with Crippen LogP contribution in [0.4, 0.5) is 15.9 Å². The van der Waals surface area contributed by atoms with Gasteiger partial charge in [0.15, 0.2) is 0 Å². The van der Waals surface area contributed by atoms with Crippen LogP contribution in [0.2, 0.25) is 5.02 Å². The Balaban J connectivity index is 1.59. The SMILES string of the molecule is Cc1ccnn1[C@H]1CC[C@]2(CNc3ncc(-c4ccc(N)c(C(=O)N(C)C)c4F)c(Cl)c32)C1. The highest BCUT2D eigenvalue weighted by molar-refractivity contribution is 6.34. The molecule has 2 aliphatic rings. The number of pyridine rings is 1. The molecule has 9 heteroatoms. The standard InChI is InChI=1S/C24H26ClFN6O/c1-13-7-9-30-32(13)14-6-8-24(10-14)12-29-22-19(24)20(25)16(11-28-22)15-4-5-17(27)18(21(15)26)23(33)31(2)3/h4-5,7,9,11,14H,6,8,10,12,27H2,1-3H3,(H,28,29)/t14-,24+/m0/s1. The van der Waals surface area contributed by atoms with Gasteiger partial charge in [-0.05, 0) is 44.4 Å². The van der Waals surface area contributed by atoms with Crippen molar-refractivity contribution in [1.82, 2.24) is 19.7 Å². The van der Waals surface area contributed by atoms with E-state index in [4.69, 9.17) is 17.3 Å². The average molecular weight is 469 g/mol. The first-order valence-electron chi connectivity index (χ1n) is 11.0. The van der Waals surface area contributed by atoms with E-state index in [0.717, 1.165) is 42.9 Å². The third-order valence-electron chi connectivity index (χ3n) is 7.02. The minimum atomic E-state index is -0.686. The molecule has 3 N–H and O–H groups in total. The minimum absolute atomic E-state index is 0.0894. The van der Waals surface area contributed by atoms with E-state index >= 15 is 4.39 Å². The molecule has 3 heterocycles. The molecule has 1 spiro atoms. The number of amides is 1. The Morgan fingerprint density at radius 1 is 1.33 bits per heavy atom. The highest BCUT2D eigenvalue weighted by Gasteiger charge is 2.48. The number of nitrogens with two attached hydrogens (primary N) is 1. The molecule has 1 aromatic carbocycles. The second-order valence-electron chi connectivity index (χ2n) is 9.25. The van der Waals surface area contributed by atoms with Crippen LogP contribution in [0, 0.1) is 12.7 Å². The lowest BCUT2D eigenvalue weighted by Crippen LogP contribution is -2.26. The maximum Gasteiger partial charge on any atom is 0.258 e. The van der Waals surface area contributed by atoms with Crippen LogP contribution in [0.1, 0.15) is 46.9 Å². The zero-order chi connectivity index (χ0) is 23.5. The zero-order valence-corrected chi connectivity index (χ0v) is 19.6. The van der Waals surface area contributed by atoms with Gasteiger partial charge < -0.3 is 16.0 Å². The van der Waals surface area contributed by atoms with Crippen molar-refractivity contribution in [3.05, 3.63) is 58.3 Å². The van der Waals surface area contributed by atoms with E-state index in [9.17, 15) is 4.79 Å². The fourth-order valence-corrected chi connectivity index (χ4v) is 5.77. The van der Waals surface area contributed by atoms with E-state index in [2.05, 4.69) is 27.0 Å². The minimum Gasteiger partial charge on any atom is -0.398 e. The molecule has 172 valence electrons. The maximum atomic E-state index is 15.6. The largest absolute Gasteiger partial charge is 0.398 e. The predicted octanol–water partition coefficient (Wildman–Crippen LogP) is 4.42. The maximum absolute atomic E-state index is 15.6. The number of anilines is 2. The second kappa shape index (κ2) is 7.73. The van der Waals surface area contributed by atoms with Gasteiger partial charge in [0.05, 0.1) is 16.6 Å². The molecular formula is C24H26ClFN6O. The first-order chi connectivity index (χ1) is 15.7. The van der Waals surface area contributed by atoms with Gasteiger partial charge in [0.2, 0.25) is 0 Å². The summed E-state index contributed by atoms with van der Waals surface area (Å²) >= 11 is 6.97. The summed E-state index contributed by atoms with van der Waals surface area (Å²) in [4.78, 5) is 18.4. The summed E-state index contributed by atoms with van der Waals surface area (Å²) in [6, 6.07) is 5.38. The number of nitrogen functional groups attached to an aromatic ring is 1. The van der Waals surface area contributed by atoms with Crippen LogP contribution in [0.3, 0.4) is 0 Å². The number of hydrogen-bond donors (Lipinski definition) is 2. The smallest absolute Gasteiger partial charge is 0.258 e. The monoisotopic (exact) mass is 468 g/mol. The van der Waals surface area contributed by atoms with Gasteiger partial charge in [-0.15, -0.1) is 0 Å². The fourth-order valence-electron chi connectivity index (χ4n) is 5.33. The van der Waals surface area contributed by atoms with Gasteiger partial charge in [0, 0.05) is 66.5 Å². The normalized spacial score (nSPS) is 21.3. The van der Waals surface area contributed by atoms with E-state index in [1.54, 1.807) is 32.4 Å². The Labute approximate surface area is 196 Å². The number of halogens is 2. The topological polar surface area (TPSA) is 89.1 Å². The molecule has 5 rings (SSSR count). The van der Waals surface area contributed by atoms with Crippen LogP contribution < -0.4 is 11.1 Å². The lowest BCUT2D eigenvalue weighted by atomic mass is 9.80. The van der Waals surface area contributed by atoms with Crippen molar-refractivity contribution in [2.24, 2.45) is 0 Å². The first-order valence-corrected chi connectivity index (χ1v) is 11.3. The number of benzene rings is 1. The van der Waals surface area contributed by atoms with Crippen molar-refractivity contribution in [3.8, 4) is 11.1 Å². The number of nitrogens with zero attached hydrogens (tertiary/aromatic N) is 4. The molecule has 0 bridgehead atoms. The summed E-state index contributed by atoms with van der Waals surface area (Å²) in [5, 5.41) is 8.38. The number of aromatic nitrogens is 3. The molecule has 33 heavy (non-hydrogen) atoms. The Bertz CT molecular complexity index is 1270. The van der Waals surface area contributed by atoms with Crippen LogP contribution in [0.15, 0.2) is 30.6 Å². The van der Waals surface area contributed by atoms with E-state index in [0.29, 0.717) is 10.6 Å². The number of nitrogens with one attached hydrogen (secondary N) is 1. The molecule has 3 aromatic rings. The highest BCUT2D eigenvalue weighted by Crippen LogP contribution is 2.54. The van der Waals surface area contributed by atoms with Crippen LogP contribution >= 0.6 is 11.6 Å². The van der Waals surface area contributed by atoms with Crippen LogP contribution in [0.5, 0.6) is 0 Å². The Kier molecular flexibility index (Phi) is 5.08. The lowest BCUT2D eigenvalue weighted by molar-refractivity contribution is 0.0824. The number of hydrogen-bond acceptors (Lipinski definition) is 5. The van der Waals surface area contributed by atoms with Gasteiger partial charge in [0.25, 0.3) is 5.91 Å².